The van der Waals surface area contributed by atoms with Crippen molar-refractivity contribution in [3.63, 3.8) is 0 Å². The number of amides is 2. The topological polar surface area (TPSA) is 128 Å². The quantitative estimate of drug-likeness (QED) is 0.288. The summed E-state index contributed by atoms with van der Waals surface area (Å²) in [4.78, 5) is 36.7. The second-order valence-electron chi connectivity index (χ2n) is 8.83. The molecular formula is C29H32N2O7. The fourth-order valence-electron chi connectivity index (χ4n) is 4.42. The molecule has 3 aromatic rings. The Morgan fingerprint density at radius 3 is 1.71 bits per heavy atom. The van der Waals surface area contributed by atoms with Crippen LogP contribution in [-0.2, 0) is 9.59 Å². The first-order valence-corrected chi connectivity index (χ1v) is 12.3. The van der Waals surface area contributed by atoms with E-state index in [0.717, 1.165) is 12.8 Å². The Morgan fingerprint density at radius 1 is 0.842 bits per heavy atom. The van der Waals surface area contributed by atoms with Gasteiger partial charge in [0.2, 0.25) is 5.75 Å². The number of rotatable bonds is 7. The lowest BCUT2D eigenvalue weighted by molar-refractivity contribution is -0.127. The number of anilines is 2. The van der Waals surface area contributed by atoms with E-state index in [0.29, 0.717) is 17.8 Å². The van der Waals surface area contributed by atoms with Crippen LogP contribution in [0.5, 0.6) is 17.2 Å². The number of hydrazine groups is 1. The molecule has 0 saturated carbocycles. The van der Waals surface area contributed by atoms with Crippen LogP contribution in [-0.4, -0.2) is 40.2 Å². The third kappa shape index (κ3) is 5.41. The van der Waals surface area contributed by atoms with Crippen molar-refractivity contribution in [3.8, 4) is 17.2 Å². The highest BCUT2D eigenvalue weighted by molar-refractivity contribution is 6.23. The Morgan fingerprint density at radius 2 is 1.32 bits per heavy atom. The summed E-state index contributed by atoms with van der Waals surface area (Å²) in [5.74, 6) is -2.95. The second-order valence-corrected chi connectivity index (χ2v) is 8.83. The van der Waals surface area contributed by atoms with Gasteiger partial charge in [0.1, 0.15) is 5.92 Å². The van der Waals surface area contributed by atoms with Gasteiger partial charge in [-0.05, 0) is 44.5 Å². The van der Waals surface area contributed by atoms with Crippen LogP contribution < -0.4 is 14.8 Å². The first-order valence-electron chi connectivity index (χ1n) is 12.3. The van der Waals surface area contributed by atoms with Gasteiger partial charge in [-0.2, -0.15) is 0 Å². The van der Waals surface area contributed by atoms with E-state index in [1.165, 1.54) is 31.0 Å². The van der Waals surface area contributed by atoms with Gasteiger partial charge in [0.05, 0.1) is 24.0 Å². The summed E-state index contributed by atoms with van der Waals surface area (Å²) < 4.78 is 4.83. The summed E-state index contributed by atoms with van der Waals surface area (Å²) in [6.45, 7) is 4.99. The molecule has 1 fully saturated rings. The standard InChI is InChI=1S/C19H20N2O2.C10H12O5/c1-2-3-14-17-18(22)20(15-10-6-4-7-11-15)21(19(17)23)16-12-8-5-9-13-16;1-4-6(10(13)14)5(2)9(15-3)8(12)7(4)11/h4-13,17H,2-3,14H2,1H3;11-12H,1-3H3,(H,13,14). The molecule has 3 aromatic carbocycles. The van der Waals surface area contributed by atoms with E-state index < -0.39 is 23.4 Å². The highest BCUT2D eigenvalue weighted by Gasteiger charge is 2.46. The molecule has 1 aliphatic rings. The number of phenolic OH excluding ortho intramolecular Hbond substituents is 2. The van der Waals surface area contributed by atoms with Gasteiger partial charge in [0.15, 0.2) is 11.5 Å². The van der Waals surface area contributed by atoms with Crippen LogP contribution in [0.3, 0.4) is 0 Å². The summed E-state index contributed by atoms with van der Waals surface area (Å²) in [6, 6.07) is 18.7. The van der Waals surface area contributed by atoms with E-state index in [4.69, 9.17) is 9.84 Å². The number of carboxylic acid groups (broad SMARTS) is 1. The van der Waals surface area contributed by atoms with Gasteiger partial charge in [-0.1, -0.05) is 56.2 Å². The summed E-state index contributed by atoms with van der Waals surface area (Å²) in [5, 5.41) is 30.9. The number of aromatic carboxylic acids is 1. The summed E-state index contributed by atoms with van der Waals surface area (Å²) in [6.07, 6.45) is 2.43. The zero-order chi connectivity index (χ0) is 28.0. The smallest absolute Gasteiger partial charge is 0.336 e. The molecule has 0 aliphatic carbocycles. The van der Waals surface area contributed by atoms with Crippen molar-refractivity contribution in [2.24, 2.45) is 5.92 Å². The van der Waals surface area contributed by atoms with Crippen LogP contribution in [0.25, 0.3) is 0 Å². The van der Waals surface area contributed by atoms with Crippen molar-refractivity contribution in [1.82, 2.24) is 0 Å². The number of hydrogen-bond donors (Lipinski definition) is 3. The minimum absolute atomic E-state index is 0.0181. The molecule has 1 heterocycles. The van der Waals surface area contributed by atoms with Crippen LogP contribution in [0.15, 0.2) is 60.7 Å². The molecule has 0 bridgehead atoms. The molecule has 0 radical (unpaired) electrons. The molecule has 9 heteroatoms. The maximum atomic E-state index is 12.9. The minimum Gasteiger partial charge on any atom is -0.504 e. The number of ether oxygens (including phenoxy) is 1. The lowest BCUT2D eigenvalue weighted by Crippen LogP contribution is -2.41. The van der Waals surface area contributed by atoms with Gasteiger partial charge in [-0.15, -0.1) is 0 Å². The molecule has 0 atom stereocenters. The maximum Gasteiger partial charge on any atom is 0.336 e. The van der Waals surface area contributed by atoms with Gasteiger partial charge in [-0.25, -0.2) is 14.8 Å². The number of benzene rings is 3. The maximum absolute atomic E-state index is 12.9. The average molecular weight is 521 g/mol. The third-order valence-electron chi connectivity index (χ3n) is 6.36. The summed E-state index contributed by atoms with van der Waals surface area (Å²) in [5.41, 5.74) is 1.79. The Bertz CT molecular complexity index is 1250. The monoisotopic (exact) mass is 520 g/mol. The lowest BCUT2D eigenvalue weighted by atomic mass is 10.00. The number of carboxylic acids is 1. The summed E-state index contributed by atoms with van der Waals surface area (Å²) >= 11 is 0. The lowest BCUT2D eigenvalue weighted by Gasteiger charge is -2.27. The van der Waals surface area contributed by atoms with Crippen LogP contribution in [0.2, 0.25) is 0 Å². The van der Waals surface area contributed by atoms with Gasteiger partial charge in [0.25, 0.3) is 11.8 Å². The molecule has 0 unspecified atom stereocenters. The molecule has 0 aromatic heterocycles. The molecule has 2 amide bonds. The predicted octanol–water partition coefficient (Wildman–Crippen LogP) is 5.21. The van der Waals surface area contributed by atoms with Crippen molar-refractivity contribution >= 4 is 29.2 Å². The van der Waals surface area contributed by atoms with Gasteiger partial charge < -0.3 is 20.1 Å². The molecule has 9 nitrogen and oxygen atoms in total. The molecular weight excluding hydrogens is 488 g/mol. The predicted molar refractivity (Wildman–Crippen MR) is 144 cm³/mol. The number of para-hydroxylation sites is 2. The van der Waals surface area contributed by atoms with Crippen molar-refractivity contribution in [2.45, 2.75) is 40.0 Å². The second kappa shape index (κ2) is 12.1. The number of hydrogen-bond acceptors (Lipinski definition) is 6. The fourth-order valence-corrected chi connectivity index (χ4v) is 4.42. The number of methoxy groups -OCH3 is 1. The molecule has 38 heavy (non-hydrogen) atoms. The zero-order valence-electron chi connectivity index (χ0n) is 21.8. The van der Waals surface area contributed by atoms with E-state index >= 15 is 0 Å². The highest BCUT2D eigenvalue weighted by atomic mass is 16.5. The van der Waals surface area contributed by atoms with Crippen molar-refractivity contribution in [3.05, 3.63) is 77.4 Å². The van der Waals surface area contributed by atoms with Crippen LogP contribution in [0.1, 0.15) is 47.7 Å². The van der Waals surface area contributed by atoms with E-state index in [2.05, 4.69) is 6.92 Å². The molecule has 1 saturated heterocycles. The van der Waals surface area contributed by atoms with E-state index in [1.54, 1.807) is 0 Å². The Hall–Kier alpha value is -4.53. The number of carbonyl (C=O) groups excluding carboxylic acids is 2. The van der Waals surface area contributed by atoms with Crippen LogP contribution in [0, 0.1) is 19.8 Å². The third-order valence-corrected chi connectivity index (χ3v) is 6.36. The molecule has 1 aliphatic heterocycles. The SMILES string of the molecule is CCCCC1C(=O)N(c2ccccc2)N(c2ccccc2)C1=O.COc1c(C)c(C(=O)O)c(C)c(O)c1O. The molecule has 3 N–H and O–H groups in total. The normalized spacial score (nSPS) is 13.4. The average Bonchev–Trinajstić information content (AvgIpc) is 3.16. The van der Waals surface area contributed by atoms with Crippen LogP contribution >= 0.6 is 0 Å². The molecule has 4 rings (SSSR count). The Labute approximate surface area is 221 Å². The Balaban J connectivity index is 0.000000232. The number of nitrogens with zero attached hydrogens (tertiary/aromatic N) is 2. The van der Waals surface area contributed by atoms with Crippen molar-refractivity contribution in [2.75, 3.05) is 17.1 Å². The summed E-state index contributed by atoms with van der Waals surface area (Å²) in [7, 11) is 1.29. The number of unbranched alkanes of at least 4 members (excludes halogenated alkanes) is 1. The largest absolute Gasteiger partial charge is 0.504 e. The Kier molecular flexibility index (Phi) is 8.96. The minimum atomic E-state index is -1.17. The van der Waals surface area contributed by atoms with Gasteiger partial charge in [-0.3, -0.25) is 9.59 Å². The van der Waals surface area contributed by atoms with Gasteiger partial charge in [0, 0.05) is 11.1 Å². The first kappa shape index (κ1) is 28.0. The van der Waals surface area contributed by atoms with Crippen molar-refractivity contribution < 1.29 is 34.4 Å². The van der Waals surface area contributed by atoms with E-state index in [1.807, 2.05) is 60.7 Å². The molecule has 200 valence electrons. The first-order chi connectivity index (χ1) is 18.1. The highest BCUT2D eigenvalue weighted by Crippen LogP contribution is 2.43. The van der Waals surface area contributed by atoms with E-state index in [9.17, 15) is 24.6 Å². The van der Waals surface area contributed by atoms with Gasteiger partial charge >= 0.3 is 5.97 Å². The number of phenols is 2. The van der Waals surface area contributed by atoms with Crippen molar-refractivity contribution in [1.29, 1.82) is 0 Å². The fraction of sp³-hybridized carbons (Fsp3) is 0.276. The zero-order valence-corrected chi connectivity index (χ0v) is 21.8. The molecule has 0 spiro atoms. The van der Waals surface area contributed by atoms with Crippen LogP contribution in [0.4, 0.5) is 11.4 Å². The number of carbonyl (C=O) groups is 3. The van der Waals surface area contributed by atoms with E-state index in [-0.39, 0.29) is 34.3 Å². The number of aromatic hydroxyl groups is 2.